The van der Waals surface area contributed by atoms with Gasteiger partial charge in [0.25, 0.3) is 0 Å². The Hall–Kier alpha value is -1.45. The highest BCUT2D eigenvalue weighted by atomic mass is 35.5. The molecule has 2 rings (SSSR count). The van der Waals surface area contributed by atoms with Gasteiger partial charge in [-0.05, 0) is 17.7 Å². The highest BCUT2D eigenvalue weighted by Crippen LogP contribution is 2.20. The van der Waals surface area contributed by atoms with Gasteiger partial charge in [0.15, 0.2) is 0 Å². The van der Waals surface area contributed by atoms with E-state index >= 15 is 0 Å². The van der Waals surface area contributed by atoms with E-state index in [1.54, 1.807) is 36.0 Å². The third-order valence-corrected chi connectivity index (χ3v) is 4.18. The summed E-state index contributed by atoms with van der Waals surface area (Å²) in [5.74, 6) is -0.706. The number of nitrogens with zero attached hydrogens (tertiary/aromatic N) is 1. The number of carbonyl (C=O) groups excluding carboxylic acids is 2. The third-order valence-electron chi connectivity index (χ3n) is 3.24. The second-order valence-electron chi connectivity index (χ2n) is 5.12. The van der Waals surface area contributed by atoms with Crippen LogP contribution < -0.4 is 10.6 Å². The van der Waals surface area contributed by atoms with E-state index in [2.05, 4.69) is 10.6 Å². The van der Waals surface area contributed by atoms with Crippen molar-refractivity contribution in [2.24, 2.45) is 0 Å². The van der Waals surface area contributed by atoms with Crippen LogP contribution in [0, 0.1) is 0 Å². The number of carbonyl (C=O) groups is 2. The van der Waals surface area contributed by atoms with E-state index in [9.17, 15) is 22.8 Å². The number of thioether (sulfide) groups is 1. The molecular weight excluding hydrogens is 367 g/mol. The zero-order chi connectivity index (χ0) is 17.0. The Morgan fingerprint density at radius 2 is 2.12 bits per heavy atom. The van der Waals surface area contributed by atoms with Crippen LogP contribution in [0.3, 0.4) is 0 Å². The highest BCUT2D eigenvalue weighted by Gasteiger charge is 2.41. The maximum Gasteiger partial charge on any atom is 0.471 e. The van der Waals surface area contributed by atoms with Crippen molar-refractivity contribution < 1.29 is 22.8 Å². The first-order valence-corrected chi connectivity index (χ1v) is 7.96. The van der Waals surface area contributed by atoms with Crippen LogP contribution in [0.25, 0.3) is 0 Å². The number of hydrogen-bond acceptors (Lipinski definition) is 4. The number of hydrogen-bond donors (Lipinski definition) is 2. The van der Waals surface area contributed by atoms with Crippen LogP contribution in [-0.2, 0) is 16.1 Å². The van der Waals surface area contributed by atoms with E-state index in [4.69, 9.17) is 0 Å². The molecule has 134 valence electrons. The molecule has 0 radical (unpaired) electrons. The molecular formula is C14H17ClF3N3O2S. The van der Waals surface area contributed by atoms with Crippen molar-refractivity contribution in [2.75, 3.05) is 24.0 Å². The molecule has 1 atom stereocenters. The van der Waals surface area contributed by atoms with Crippen LogP contribution in [-0.4, -0.2) is 47.6 Å². The maximum absolute atomic E-state index is 12.4. The third kappa shape index (κ3) is 5.57. The minimum Gasteiger partial charge on any atom is -0.334 e. The fraction of sp³-hybridized carbons (Fsp3) is 0.429. The van der Waals surface area contributed by atoms with Crippen LogP contribution in [0.15, 0.2) is 24.3 Å². The van der Waals surface area contributed by atoms with Gasteiger partial charge < -0.3 is 10.2 Å². The van der Waals surface area contributed by atoms with Gasteiger partial charge in [-0.2, -0.15) is 13.2 Å². The second-order valence-corrected chi connectivity index (χ2v) is 6.15. The fourth-order valence-corrected chi connectivity index (χ4v) is 3.04. The number of halogens is 4. The summed E-state index contributed by atoms with van der Waals surface area (Å²) >= 11 is 1.62. The summed E-state index contributed by atoms with van der Waals surface area (Å²) < 4.78 is 37.1. The quantitative estimate of drug-likeness (QED) is 0.837. The Balaban J connectivity index is 0.00000288. The molecule has 2 amide bonds. The molecule has 1 unspecified atom stereocenters. The summed E-state index contributed by atoms with van der Waals surface area (Å²) in [6, 6.07) is 6.14. The Bertz CT molecular complexity index is 595. The molecule has 0 saturated carbocycles. The Morgan fingerprint density at radius 3 is 2.71 bits per heavy atom. The van der Waals surface area contributed by atoms with Gasteiger partial charge in [0.05, 0.1) is 6.04 Å². The van der Waals surface area contributed by atoms with Crippen LogP contribution in [0.2, 0.25) is 0 Å². The fourth-order valence-electron chi connectivity index (χ4n) is 2.10. The van der Waals surface area contributed by atoms with Crippen molar-refractivity contribution in [3.63, 3.8) is 0 Å². The van der Waals surface area contributed by atoms with Gasteiger partial charge in [-0.3, -0.25) is 14.9 Å². The number of anilines is 1. The number of alkyl halides is 3. The van der Waals surface area contributed by atoms with E-state index in [1.807, 2.05) is 0 Å². The molecule has 1 aromatic carbocycles. The van der Waals surface area contributed by atoms with E-state index in [-0.39, 0.29) is 30.9 Å². The van der Waals surface area contributed by atoms with E-state index in [1.165, 1.54) is 0 Å². The largest absolute Gasteiger partial charge is 0.471 e. The number of rotatable bonds is 4. The molecule has 2 N–H and O–H groups in total. The standard InChI is InChI=1S/C14H16F3N3O2S.ClH/c1-20(13(22)14(15,16)17)6-9-3-2-4-10(5-9)19-12(21)11-7-23-8-18-11;/h2-5,11,18H,6-8H2,1H3,(H,19,21);1H. The van der Waals surface area contributed by atoms with Crippen LogP contribution in [0.1, 0.15) is 5.56 Å². The van der Waals surface area contributed by atoms with Gasteiger partial charge in [0.1, 0.15) is 0 Å². The minimum atomic E-state index is -4.90. The Labute approximate surface area is 147 Å². The molecule has 1 heterocycles. The van der Waals surface area contributed by atoms with Crippen LogP contribution >= 0.6 is 24.2 Å². The van der Waals surface area contributed by atoms with Crippen molar-refractivity contribution in [1.82, 2.24) is 10.2 Å². The molecule has 0 aliphatic carbocycles. The van der Waals surface area contributed by atoms with Crippen LogP contribution in [0.4, 0.5) is 18.9 Å². The van der Waals surface area contributed by atoms with E-state index < -0.39 is 12.1 Å². The lowest BCUT2D eigenvalue weighted by atomic mass is 10.2. The van der Waals surface area contributed by atoms with Gasteiger partial charge in [0.2, 0.25) is 5.91 Å². The predicted octanol–water partition coefficient (Wildman–Crippen LogP) is 2.23. The Kier molecular flexibility index (Phi) is 7.37. The summed E-state index contributed by atoms with van der Waals surface area (Å²) in [7, 11) is 1.08. The molecule has 10 heteroatoms. The van der Waals surface area contributed by atoms with Gasteiger partial charge >= 0.3 is 12.1 Å². The lowest BCUT2D eigenvalue weighted by molar-refractivity contribution is -0.184. The van der Waals surface area contributed by atoms with E-state index in [0.29, 0.717) is 27.8 Å². The molecule has 5 nitrogen and oxygen atoms in total. The topological polar surface area (TPSA) is 61.4 Å². The lowest BCUT2D eigenvalue weighted by Gasteiger charge is -2.19. The summed E-state index contributed by atoms with van der Waals surface area (Å²) in [5, 5.41) is 5.74. The van der Waals surface area contributed by atoms with Crippen LogP contribution in [0.5, 0.6) is 0 Å². The Morgan fingerprint density at radius 1 is 1.42 bits per heavy atom. The van der Waals surface area contributed by atoms with E-state index in [0.717, 1.165) is 7.05 Å². The first-order valence-electron chi connectivity index (χ1n) is 6.80. The van der Waals surface area contributed by atoms with Crippen molar-refractivity contribution >= 4 is 41.7 Å². The summed E-state index contributed by atoms with van der Waals surface area (Å²) in [5.41, 5.74) is 0.982. The molecule has 0 bridgehead atoms. The van der Waals surface area contributed by atoms with Crippen molar-refractivity contribution in [1.29, 1.82) is 0 Å². The van der Waals surface area contributed by atoms with Crippen molar-refractivity contribution in [2.45, 2.75) is 18.8 Å². The molecule has 24 heavy (non-hydrogen) atoms. The molecule has 0 spiro atoms. The highest BCUT2D eigenvalue weighted by molar-refractivity contribution is 7.99. The van der Waals surface area contributed by atoms with Crippen molar-refractivity contribution in [3.8, 4) is 0 Å². The molecule has 1 saturated heterocycles. The molecule has 1 aliphatic heterocycles. The average molecular weight is 384 g/mol. The number of benzene rings is 1. The SMILES string of the molecule is CN(Cc1cccc(NC(=O)C2CSCN2)c1)C(=O)C(F)(F)F.Cl. The predicted molar refractivity (Wildman–Crippen MR) is 89.1 cm³/mol. The lowest BCUT2D eigenvalue weighted by Crippen LogP contribution is -2.38. The normalized spacial score (nSPS) is 17.1. The summed E-state index contributed by atoms with van der Waals surface area (Å²) in [6.07, 6.45) is -4.90. The summed E-state index contributed by atoms with van der Waals surface area (Å²) in [6.45, 7) is -0.195. The smallest absolute Gasteiger partial charge is 0.334 e. The first-order chi connectivity index (χ1) is 10.8. The second kappa shape index (κ2) is 8.59. The van der Waals surface area contributed by atoms with Gasteiger partial charge in [-0.15, -0.1) is 24.2 Å². The van der Waals surface area contributed by atoms with Gasteiger partial charge in [0, 0.05) is 30.9 Å². The first kappa shape index (κ1) is 20.6. The summed E-state index contributed by atoms with van der Waals surface area (Å²) in [4.78, 5) is 23.7. The molecule has 0 aromatic heterocycles. The van der Waals surface area contributed by atoms with Gasteiger partial charge in [-0.25, -0.2) is 0 Å². The van der Waals surface area contributed by atoms with Gasteiger partial charge in [-0.1, -0.05) is 12.1 Å². The maximum atomic E-state index is 12.4. The zero-order valence-corrected chi connectivity index (χ0v) is 14.4. The average Bonchev–Trinajstić information content (AvgIpc) is 3.00. The number of nitrogens with one attached hydrogen (secondary N) is 2. The molecule has 1 aromatic rings. The zero-order valence-electron chi connectivity index (χ0n) is 12.7. The monoisotopic (exact) mass is 383 g/mol. The molecule has 1 aliphatic rings. The van der Waals surface area contributed by atoms with Crippen molar-refractivity contribution in [3.05, 3.63) is 29.8 Å². The molecule has 1 fully saturated rings. The number of amides is 2. The minimum absolute atomic E-state index is 0.